The zero-order chi connectivity index (χ0) is 10.6. The maximum Gasteiger partial charge on any atom is 0.0814 e. The first-order valence-electron chi connectivity index (χ1n) is 6.82. The van der Waals surface area contributed by atoms with E-state index >= 15 is 0 Å². The molecule has 0 aliphatic heterocycles. The zero-order valence-corrected chi connectivity index (χ0v) is 10.6. The van der Waals surface area contributed by atoms with Crippen molar-refractivity contribution in [2.75, 3.05) is 27.7 Å². The van der Waals surface area contributed by atoms with Crippen LogP contribution >= 0.6 is 0 Å². The number of nitrogens with zero attached hydrogens (tertiary/aromatic N) is 1. The van der Waals surface area contributed by atoms with E-state index in [0.29, 0.717) is 0 Å². The highest BCUT2D eigenvalue weighted by atomic mass is 15.3. The number of hydrogen-bond donors (Lipinski definition) is 0. The quantitative estimate of drug-likeness (QED) is 0.612. The largest absolute Gasteiger partial charge is 0.331 e. The molecule has 4 saturated carbocycles. The summed E-state index contributed by atoms with van der Waals surface area (Å²) in [7, 11) is 7.10. The van der Waals surface area contributed by atoms with E-state index in [-0.39, 0.29) is 0 Å². The molecule has 0 saturated heterocycles. The fraction of sp³-hybridized carbons (Fsp3) is 1.00. The van der Waals surface area contributed by atoms with Gasteiger partial charge in [0.1, 0.15) is 0 Å². The van der Waals surface area contributed by atoms with Gasteiger partial charge >= 0.3 is 0 Å². The van der Waals surface area contributed by atoms with Gasteiger partial charge in [-0.25, -0.2) is 0 Å². The van der Waals surface area contributed by atoms with Crippen molar-refractivity contribution >= 4 is 0 Å². The van der Waals surface area contributed by atoms with E-state index in [1.807, 2.05) is 0 Å². The van der Waals surface area contributed by atoms with Gasteiger partial charge in [0.05, 0.1) is 27.7 Å². The Morgan fingerprint density at radius 3 is 1.67 bits per heavy atom. The second-order valence-electron chi connectivity index (χ2n) is 7.57. The highest BCUT2D eigenvalue weighted by Gasteiger charge is 2.49. The van der Waals surface area contributed by atoms with Crippen molar-refractivity contribution in [2.45, 2.75) is 32.1 Å². The Hall–Kier alpha value is -0.0400. The average molecular weight is 208 g/mol. The standard InChI is InChI=1S/C14H26N/c1-15(2,3)9-14-12-5-10-4-11(7-12)8-13(14)6-10/h10-14H,4-9H2,1-3H3/q+1. The minimum atomic E-state index is 1.07. The SMILES string of the molecule is C[N+](C)(C)CC1C2CC3CC(C2)CC1C3. The Morgan fingerprint density at radius 2 is 1.27 bits per heavy atom. The van der Waals surface area contributed by atoms with Crippen LogP contribution in [0.2, 0.25) is 0 Å². The molecule has 0 aromatic carbocycles. The van der Waals surface area contributed by atoms with E-state index in [4.69, 9.17) is 0 Å². The molecule has 0 atom stereocenters. The van der Waals surface area contributed by atoms with Crippen LogP contribution in [0.4, 0.5) is 0 Å². The fourth-order valence-electron chi connectivity index (χ4n) is 4.97. The average Bonchev–Trinajstić information content (AvgIpc) is 2.08. The molecule has 15 heavy (non-hydrogen) atoms. The van der Waals surface area contributed by atoms with Crippen molar-refractivity contribution in [2.24, 2.45) is 29.6 Å². The molecular formula is C14H26N+. The van der Waals surface area contributed by atoms with Gasteiger partial charge in [0.25, 0.3) is 0 Å². The second kappa shape index (κ2) is 3.23. The second-order valence-corrected chi connectivity index (χ2v) is 7.57. The predicted molar refractivity (Wildman–Crippen MR) is 63.4 cm³/mol. The summed E-state index contributed by atoms with van der Waals surface area (Å²) in [4.78, 5) is 0. The van der Waals surface area contributed by atoms with Crippen molar-refractivity contribution in [1.82, 2.24) is 0 Å². The fourth-order valence-corrected chi connectivity index (χ4v) is 4.97. The molecule has 4 aliphatic carbocycles. The smallest absolute Gasteiger partial charge is 0.0814 e. The molecule has 1 heteroatoms. The molecule has 0 aromatic heterocycles. The van der Waals surface area contributed by atoms with Crippen LogP contribution in [0.15, 0.2) is 0 Å². The van der Waals surface area contributed by atoms with Crippen LogP contribution in [0.3, 0.4) is 0 Å². The maximum atomic E-state index is 2.37. The summed E-state index contributed by atoms with van der Waals surface area (Å²) in [6.07, 6.45) is 7.91. The third-order valence-electron chi connectivity index (χ3n) is 5.18. The highest BCUT2D eigenvalue weighted by Crippen LogP contribution is 2.56. The lowest BCUT2D eigenvalue weighted by molar-refractivity contribution is -0.875. The van der Waals surface area contributed by atoms with E-state index in [1.165, 1.54) is 11.0 Å². The van der Waals surface area contributed by atoms with Gasteiger partial charge in [-0.1, -0.05) is 0 Å². The molecule has 4 bridgehead atoms. The summed E-state index contributed by atoms with van der Waals surface area (Å²) in [5.74, 6) is 5.56. The van der Waals surface area contributed by atoms with Crippen molar-refractivity contribution in [3.63, 3.8) is 0 Å². The van der Waals surface area contributed by atoms with Gasteiger partial charge in [0.2, 0.25) is 0 Å². The first-order chi connectivity index (χ1) is 7.01. The number of hydrogen-bond acceptors (Lipinski definition) is 0. The monoisotopic (exact) mass is 208 g/mol. The lowest BCUT2D eigenvalue weighted by Gasteiger charge is -2.55. The van der Waals surface area contributed by atoms with Crippen molar-refractivity contribution in [3.8, 4) is 0 Å². The van der Waals surface area contributed by atoms with E-state index in [1.54, 1.807) is 32.1 Å². The molecule has 4 aliphatic rings. The summed E-state index contributed by atoms with van der Waals surface area (Å²) in [5.41, 5.74) is 0. The topological polar surface area (TPSA) is 0 Å². The summed E-state index contributed by atoms with van der Waals surface area (Å²) < 4.78 is 1.17. The minimum absolute atomic E-state index is 1.07. The summed E-state index contributed by atoms with van der Waals surface area (Å²) in [6.45, 7) is 1.43. The van der Waals surface area contributed by atoms with Gasteiger partial charge in [-0.2, -0.15) is 0 Å². The van der Waals surface area contributed by atoms with Gasteiger partial charge in [-0.15, -0.1) is 0 Å². The zero-order valence-electron chi connectivity index (χ0n) is 10.6. The third kappa shape index (κ3) is 1.84. The Labute approximate surface area is 94.4 Å². The van der Waals surface area contributed by atoms with Gasteiger partial charge in [-0.05, 0) is 55.8 Å². The first-order valence-corrected chi connectivity index (χ1v) is 6.82. The predicted octanol–water partition coefficient (Wildman–Crippen LogP) is 2.76. The van der Waals surface area contributed by atoms with Crippen LogP contribution in [-0.2, 0) is 0 Å². The van der Waals surface area contributed by atoms with E-state index in [2.05, 4.69) is 21.1 Å². The van der Waals surface area contributed by atoms with E-state index < -0.39 is 0 Å². The van der Waals surface area contributed by atoms with Crippen LogP contribution in [0.5, 0.6) is 0 Å². The molecule has 0 amide bonds. The normalized spacial score (nSPS) is 48.6. The van der Waals surface area contributed by atoms with Gasteiger partial charge in [0.15, 0.2) is 0 Å². The Balaban J connectivity index is 1.75. The Kier molecular flexibility index (Phi) is 2.18. The van der Waals surface area contributed by atoms with Crippen LogP contribution in [0.25, 0.3) is 0 Å². The molecule has 0 heterocycles. The summed E-state index contributed by atoms with van der Waals surface area (Å²) >= 11 is 0. The molecule has 1 nitrogen and oxygen atoms in total. The third-order valence-corrected chi connectivity index (χ3v) is 5.18. The maximum absolute atomic E-state index is 2.37. The molecule has 0 unspecified atom stereocenters. The molecule has 0 aromatic rings. The van der Waals surface area contributed by atoms with E-state index in [9.17, 15) is 0 Å². The minimum Gasteiger partial charge on any atom is -0.331 e. The molecular weight excluding hydrogens is 182 g/mol. The summed E-state index contributed by atoms with van der Waals surface area (Å²) in [5, 5.41) is 0. The lowest BCUT2D eigenvalue weighted by atomic mass is 9.52. The Morgan fingerprint density at radius 1 is 0.800 bits per heavy atom. The van der Waals surface area contributed by atoms with Gasteiger partial charge in [0, 0.05) is 5.92 Å². The molecule has 0 N–H and O–H groups in total. The molecule has 4 rings (SSSR count). The first kappa shape index (κ1) is 10.1. The van der Waals surface area contributed by atoms with Crippen LogP contribution < -0.4 is 0 Å². The number of rotatable bonds is 2. The van der Waals surface area contributed by atoms with Crippen LogP contribution in [0, 0.1) is 29.6 Å². The summed E-state index contributed by atoms with van der Waals surface area (Å²) in [6, 6.07) is 0. The molecule has 0 spiro atoms. The van der Waals surface area contributed by atoms with Gasteiger partial charge < -0.3 is 4.48 Å². The van der Waals surface area contributed by atoms with Crippen molar-refractivity contribution in [3.05, 3.63) is 0 Å². The van der Waals surface area contributed by atoms with Gasteiger partial charge in [-0.3, -0.25) is 0 Å². The molecule has 4 fully saturated rings. The van der Waals surface area contributed by atoms with Crippen molar-refractivity contribution in [1.29, 1.82) is 0 Å². The van der Waals surface area contributed by atoms with Crippen molar-refractivity contribution < 1.29 is 4.48 Å². The molecule has 0 radical (unpaired) electrons. The Bertz CT molecular complexity index is 223. The highest BCUT2D eigenvalue weighted by molar-refractivity contribution is 4.97. The van der Waals surface area contributed by atoms with E-state index in [0.717, 1.165) is 29.6 Å². The van der Waals surface area contributed by atoms with Crippen LogP contribution in [-0.4, -0.2) is 32.2 Å². The van der Waals surface area contributed by atoms with Crippen LogP contribution in [0.1, 0.15) is 32.1 Å². The number of quaternary nitrogens is 1. The lowest BCUT2D eigenvalue weighted by Crippen LogP contribution is -2.51. The molecule has 86 valence electrons.